The van der Waals surface area contributed by atoms with E-state index in [1.54, 1.807) is 0 Å². The van der Waals surface area contributed by atoms with Gasteiger partial charge < -0.3 is 4.57 Å². The molecule has 0 atom stereocenters. The van der Waals surface area contributed by atoms with Gasteiger partial charge in [-0.3, -0.25) is 0 Å². The van der Waals surface area contributed by atoms with Crippen molar-refractivity contribution in [2.75, 3.05) is 0 Å². The summed E-state index contributed by atoms with van der Waals surface area (Å²) in [5, 5.41) is 9.07. The molecule has 0 aliphatic carbocycles. The second-order valence-corrected chi connectivity index (χ2v) is 4.56. The van der Waals surface area contributed by atoms with Gasteiger partial charge in [0.2, 0.25) is 5.28 Å². The van der Waals surface area contributed by atoms with Crippen molar-refractivity contribution in [2.45, 2.75) is 6.54 Å². The number of nitriles is 1. The van der Waals surface area contributed by atoms with Gasteiger partial charge in [-0.2, -0.15) is 5.26 Å². The molecule has 0 unspecified atom stereocenters. The van der Waals surface area contributed by atoms with E-state index in [1.807, 2.05) is 6.07 Å². The Kier molecular flexibility index (Phi) is 3.23. The summed E-state index contributed by atoms with van der Waals surface area (Å²) >= 11 is 6.02. The maximum atomic E-state index is 13.5. The highest BCUT2D eigenvalue weighted by Gasteiger charge is 2.15. The molecule has 0 N–H and O–H groups in total. The van der Waals surface area contributed by atoms with E-state index in [1.165, 1.54) is 10.6 Å². The van der Waals surface area contributed by atoms with Gasteiger partial charge in [-0.15, -0.1) is 0 Å². The van der Waals surface area contributed by atoms with Gasteiger partial charge in [-0.05, 0) is 23.7 Å². The molecule has 0 bridgehead atoms. The normalized spacial score (nSPS) is 10.8. The summed E-state index contributed by atoms with van der Waals surface area (Å²) in [7, 11) is 0. The van der Waals surface area contributed by atoms with Crippen LogP contribution in [0.15, 0.2) is 24.5 Å². The number of halogens is 3. The van der Waals surface area contributed by atoms with Crippen LogP contribution < -0.4 is 0 Å². The van der Waals surface area contributed by atoms with Crippen LogP contribution in [0.1, 0.15) is 11.4 Å². The fourth-order valence-electron chi connectivity index (χ4n) is 1.96. The van der Waals surface area contributed by atoms with Gasteiger partial charge in [-0.25, -0.2) is 23.7 Å². The lowest BCUT2D eigenvalue weighted by atomic mass is 10.2. The van der Waals surface area contributed by atoms with Crippen LogP contribution >= 0.6 is 11.6 Å². The maximum absolute atomic E-state index is 13.5. The maximum Gasteiger partial charge on any atom is 0.204 e. The van der Waals surface area contributed by atoms with Crippen LogP contribution in [0.4, 0.5) is 8.78 Å². The standard InChI is InChI=1S/C13H6ClF2N5/c14-13-20-12-7(3-17)1-8(15)2-10(12)21(13)6-11-18-4-9(16)5-19-11/h1-2,4-5H,6H2. The van der Waals surface area contributed by atoms with Crippen LogP contribution in [0.5, 0.6) is 0 Å². The van der Waals surface area contributed by atoms with Crippen LogP contribution in [-0.4, -0.2) is 19.5 Å². The molecular weight excluding hydrogens is 300 g/mol. The Hall–Kier alpha value is -2.59. The molecule has 0 aliphatic rings. The minimum Gasteiger partial charge on any atom is -0.307 e. The summed E-state index contributed by atoms with van der Waals surface area (Å²) in [6, 6.07) is 4.18. The molecule has 21 heavy (non-hydrogen) atoms. The van der Waals surface area contributed by atoms with Crippen molar-refractivity contribution in [3.05, 3.63) is 52.8 Å². The van der Waals surface area contributed by atoms with Crippen LogP contribution in [0, 0.1) is 23.0 Å². The third kappa shape index (κ3) is 2.41. The Labute approximate surface area is 122 Å². The molecule has 104 valence electrons. The zero-order chi connectivity index (χ0) is 15.0. The first-order chi connectivity index (χ1) is 10.1. The summed E-state index contributed by atoms with van der Waals surface area (Å²) in [4.78, 5) is 11.7. The zero-order valence-electron chi connectivity index (χ0n) is 10.4. The highest BCUT2D eigenvalue weighted by molar-refractivity contribution is 6.29. The molecule has 0 spiro atoms. The molecule has 0 aliphatic heterocycles. The van der Waals surface area contributed by atoms with E-state index in [9.17, 15) is 8.78 Å². The molecule has 0 saturated carbocycles. The van der Waals surface area contributed by atoms with Crippen molar-refractivity contribution in [3.63, 3.8) is 0 Å². The lowest BCUT2D eigenvalue weighted by molar-refractivity contribution is 0.605. The monoisotopic (exact) mass is 305 g/mol. The first-order valence-electron chi connectivity index (χ1n) is 5.80. The third-order valence-electron chi connectivity index (χ3n) is 2.87. The first-order valence-corrected chi connectivity index (χ1v) is 6.18. The quantitative estimate of drug-likeness (QED) is 0.730. The highest BCUT2D eigenvalue weighted by atomic mass is 35.5. The van der Waals surface area contributed by atoms with Crippen molar-refractivity contribution in [1.82, 2.24) is 19.5 Å². The van der Waals surface area contributed by atoms with E-state index in [4.69, 9.17) is 16.9 Å². The number of fused-ring (bicyclic) bond motifs is 1. The fourth-order valence-corrected chi connectivity index (χ4v) is 2.19. The number of hydrogen-bond acceptors (Lipinski definition) is 4. The van der Waals surface area contributed by atoms with E-state index in [-0.39, 0.29) is 17.4 Å². The second-order valence-electron chi connectivity index (χ2n) is 4.22. The average Bonchev–Trinajstić information content (AvgIpc) is 2.77. The molecule has 5 nitrogen and oxygen atoms in total. The van der Waals surface area contributed by atoms with Crippen LogP contribution in [0.25, 0.3) is 11.0 Å². The number of aromatic nitrogens is 4. The Morgan fingerprint density at radius 3 is 2.57 bits per heavy atom. The van der Waals surface area contributed by atoms with Crippen LogP contribution in [-0.2, 0) is 6.54 Å². The summed E-state index contributed by atoms with van der Waals surface area (Å²) in [5.74, 6) is -0.838. The third-order valence-corrected chi connectivity index (χ3v) is 3.15. The molecule has 0 saturated heterocycles. The number of rotatable bonds is 2. The van der Waals surface area contributed by atoms with E-state index in [2.05, 4.69) is 15.0 Å². The number of imidazole rings is 1. The zero-order valence-corrected chi connectivity index (χ0v) is 11.1. The molecule has 8 heteroatoms. The van der Waals surface area contributed by atoms with Gasteiger partial charge in [0.05, 0.1) is 30.0 Å². The Morgan fingerprint density at radius 1 is 1.19 bits per heavy atom. The van der Waals surface area contributed by atoms with Crippen molar-refractivity contribution >= 4 is 22.6 Å². The van der Waals surface area contributed by atoms with Gasteiger partial charge in [-0.1, -0.05) is 0 Å². The SMILES string of the molecule is N#Cc1cc(F)cc2c1nc(Cl)n2Cc1ncc(F)cn1. The van der Waals surface area contributed by atoms with E-state index in [0.717, 1.165) is 18.5 Å². The molecule has 0 amide bonds. The average molecular weight is 306 g/mol. The van der Waals surface area contributed by atoms with Crippen molar-refractivity contribution in [2.24, 2.45) is 0 Å². The van der Waals surface area contributed by atoms with E-state index < -0.39 is 11.6 Å². The summed E-state index contributed by atoms with van der Waals surface area (Å²) in [6.07, 6.45) is 2.05. The van der Waals surface area contributed by atoms with Crippen molar-refractivity contribution in [1.29, 1.82) is 5.26 Å². The van der Waals surface area contributed by atoms with Gasteiger partial charge in [0.25, 0.3) is 0 Å². The summed E-state index contributed by atoms with van der Waals surface area (Å²) in [6.45, 7) is 0.0872. The molecular formula is C13H6ClF2N5. The molecule has 2 heterocycles. The van der Waals surface area contributed by atoms with Crippen molar-refractivity contribution in [3.8, 4) is 6.07 Å². The Morgan fingerprint density at radius 2 is 1.90 bits per heavy atom. The van der Waals surface area contributed by atoms with Crippen LogP contribution in [0.3, 0.4) is 0 Å². The summed E-state index contributed by atoms with van der Waals surface area (Å²) < 4.78 is 27.8. The van der Waals surface area contributed by atoms with Gasteiger partial charge in [0.15, 0.2) is 5.82 Å². The second kappa shape index (κ2) is 5.07. The molecule has 1 aromatic carbocycles. The smallest absolute Gasteiger partial charge is 0.204 e. The summed E-state index contributed by atoms with van der Waals surface area (Å²) in [5.41, 5.74) is 0.737. The predicted octanol–water partition coefficient (Wildman–Crippen LogP) is 2.68. The van der Waals surface area contributed by atoms with Gasteiger partial charge in [0, 0.05) is 0 Å². The van der Waals surface area contributed by atoms with Crippen LogP contribution in [0.2, 0.25) is 5.28 Å². The predicted molar refractivity (Wildman–Crippen MR) is 70.5 cm³/mol. The molecule has 2 aromatic heterocycles. The molecule has 0 fully saturated rings. The lowest BCUT2D eigenvalue weighted by Crippen LogP contribution is -2.04. The molecule has 0 radical (unpaired) electrons. The largest absolute Gasteiger partial charge is 0.307 e. The van der Waals surface area contributed by atoms with E-state index >= 15 is 0 Å². The topological polar surface area (TPSA) is 67.4 Å². The highest BCUT2D eigenvalue weighted by Crippen LogP contribution is 2.24. The number of nitrogens with zero attached hydrogens (tertiary/aromatic N) is 5. The Balaban J connectivity index is 2.14. The molecule has 3 rings (SSSR count). The fraction of sp³-hybridized carbons (Fsp3) is 0.0769. The number of hydrogen-bond donors (Lipinski definition) is 0. The lowest BCUT2D eigenvalue weighted by Gasteiger charge is -2.04. The molecule has 3 aromatic rings. The van der Waals surface area contributed by atoms with Crippen molar-refractivity contribution < 1.29 is 8.78 Å². The first kappa shape index (κ1) is 13.4. The van der Waals surface area contributed by atoms with Gasteiger partial charge >= 0.3 is 0 Å². The van der Waals surface area contributed by atoms with E-state index in [0.29, 0.717) is 16.9 Å². The Bertz CT molecular complexity index is 867. The minimum atomic E-state index is -0.572. The number of benzene rings is 1. The van der Waals surface area contributed by atoms with Gasteiger partial charge in [0.1, 0.15) is 23.2 Å². The minimum absolute atomic E-state index is 0.0695.